The van der Waals surface area contributed by atoms with E-state index in [2.05, 4.69) is 21.9 Å². The van der Waals surface area contributed by atoms with Crippen molar-refractivity contribution in [2.75, 3.05) is 52.9 Å². The molecule has 0 aliphatic carbocycles. The number of piperidine rings is 1. The molecule has 26 heavy (non-hydrogen) atoms. The van der Waals surface area contributed by atoms with Crippen LogP contribution in [-0.2, 0) is 16.1 Å². The van der Waals surface area contributed by atoms with Crippen LogP contribution in [0, 0.1) is 0 Å². The number of rotatable bonds is 6. The number of benzene rings is 1. The molecule has 0 radical (unpaired) electrons. The Balaban J connectivity index is 1.48. The molecule has 2 heterocycles. The van der Waals surface area contributed by atoms with Crippen LogP contribution in [0.1, 0.15) is 31.2 Å². The van der Waals surface area contributed by atoms with E-state index >= 15 is 0 Å². The minimum Gasteiger partial charge on any atom is -0.375 e. The number of carbonyl (C=O) groups excluding carboxylic acids is 1. The summed E-state index contributed by atoms with van der Waals surface area (Å²) in [5, 5.41) is 0. The number of ether oxygens (including phenoxy) is 1. The number of amides is 1. The van der Waals surface area contributed by atoms with Crippen molar-refractivity contribution in [2.45, 2.75) is 38.3 Å². The van der Waals surface area contributed by atoms with E-state index in [1.165, 1.54) is 37.9 Å². The molecule has 0 unspecified atom stereocenters. The van der Waals surface area contributed by atoms with Crippen molar-refractivity contribution in [2.24, 2.45) is 0 Å². The summed E-state index contributed by atoms with van der Waals surface area (Å²) in [4.78, 5) is 19.4. The van der Waals surface area contributed by atoms with Crippen molar-refractivity contribution < 1.29 is 9.53 Å². The largest absolute Gasteiger partial charge is 0.375 e. The maximum Gasteiger partial charge on any atom is 0.236 e. The van der Waals surface area contributed by atoms with Gasteiger partial charge >= 0.3 is 0 Å². The smallest absolute Gasteiger partial charge is 0.236 e. The highest BCUT2D eigenvalue weighted by atomic mass is 16.5. The molecule has 1 aromatic carbocycles. The fraction of sp³-hybridized carbons (Fsp3) is 0.667. The molecular weight excluding hydrogens is 326 g/mol. The van der Waals surface area contributed by atoms with Gasteiger partial charge in [0, 0.05) is 32.8 Å². The van der Waals surface area contributed by atoms with Crippen LogP contribution in [-0.4, -0.2) is 79.6 Å². The minimum absolute atomic E-state index is 0.152. The Hall–Kier alpha value is -1.43. The lowest BCUT2D eigenvalue weighted by Gasteiger charge is -2.32. The molecule has 2 aliphatic heterocycles. The van der Waals surface area contributed by atoms with Crippen molar-refractivity contribution in [3.8, 4) is 0 Å². The fourth-order valence-corrected chi connectivity index (χ4v) is 3.94. The number of likely N-dealkylation sites (N-methyl/N-ethyl adjacent to an activating group) is 1. The summed E-state index contributed by atoms with van der Waals surface area (Å²) < 4.78 is 6.04. The first kappa shape index (κ1) is 19.3. The zero-order valence-corrected chi connectivity index (χ0v) is 16.1. The lowest BCUT2D eigenvalue weighted by molar-refractivity contribution is -0.133. The molecule has 144 valence electrons. The standard InChI is InChI=1S/C21H33N3O2/c1-22(15-19-9-4-2-5-10-19)18-21(25)24-13-8-14-26-20(17-24)16-23-11-6-3-7-12-23/h2,4-5,9-10,20H,3,6-8,11-18H2,1H3/t20-/m1/s1. The monoisotopic (exact) mass is 359 g/mol. The van der Waals surface area contributed by atoms with E-state index in [-0.39, 0.29) is 12.0 Å². The zero-order chi connectivity index (χ0) is 18.2. The number of hydrogen-bond donors (Lipinski definition) is 0. The SMILES string of the molecule is CN(CC(=O)N1CCCO[C@H](CN2CCCCC2)C1)Cc1ccccc1. The van der Waals surface area contributed by atoms with Crippen LogP contribution in [0.5, 0.6) is 0 Å². The second-order valence-corrected chi connectivity index (χ2v) is 7.71. The van der Waals surface area contributed by atoms with E-state index in [0.29, 0.717) is 6.54 Å². The highest BCUT2D eigenvalue weighted by Gasteiger charge is 2.25. The minimum atomic E-state index is 0.152. The Morgan fingerprint density at radius 2 is 1.88 bits per heavy atom. The van der Waals surface area contributed by atoms with Crippen molar-refractivity contribution in [3.05, 3.63) is 35.9 Å². The third kappa shape index (κ3) is 6.08. The van der Waals surface area contributed by atoms with Gasteiger partial charge in [0.1, 0.15) is 0 Å². The first-order valence-corrected chi connectivity index (χ1v) is 10.0. The molecule has 0 N–H and O–H groups in total. The van der Waals surface area contributed by atoms with Gasteiger partial charge in [-0.2, -0.15) is 0 Å². The first-order chi connectivity index (χ1) is 12.7. The second-order valence-electron chi connectivity index (χ2n) is 7.71. The summed E-state index contributed by atoms with van der Waals surface area (Å²) in [6, 6.07) is 10.3. The molecule has 2 aliphatic rings. The quantitative estimate of drug-likeness (QED) is 0.780. The van der Waals surface area contributed by atoms with Crippen LogP contribution in [0.4, 0.5) is 0 Å². The highest BCUT2D eigenvalue weighted by Crippen LogP contribution is 2.13. The van der Waals surface area contributed by atoms with E-state index in [0.717, 1.165) is 39.2 Å². The lowest BCUT2D eigenvalue weighted by Crippen LogP contribution is -2.46. The van der Waals surface area contributed by atoms with Gasteiger partial charge in [-0.05, 0) is 45.0 Å². The van der Waals surface area contributed by atoms with E-state index in [4.69, 9.17) is 4.74 Å². The van der Waals surface area contributed by atoms with Crippen LogP contribution in [0.15, 0.2) is 30.3 Å². The van der Waals surface area contributed by atoms with E-state index in [1.807, 2.05) is 30.1 Å². The van der Waals surface area contributed by atoms with Crippen molar-refractivity contribution in [1.82, 2.24) is 14.7 Å². The number of nitrogens with zero attached hydrogens (tertiary/aromatic N) is 3. The normalized spacial score (nSPS) is 22.4. The molecule has 0 aromatic heterocycles. The zero-order valence-electron chi connectivity index (χ0n) is 16.1. The third-order valence-corrected chi connectivity index (χ3v) is 5.31. The van der Waals surface area contributed by atoms with Crippen molar-refractivity contribution in [3.63, 3.8) is 0 Å². The average Bonchev–Trinajstić information content (AvgIpc) is 2.89. The third-order valence-electron chi connectivity index (χ3n) is 5.31. The van der Waals surface area contributed by atoms with Gasteiger partial charge < -0.3 is 14.5 Å². The molecular formula is C21H33N3O2. The summed E-state index contributed by atoms with van der Waals surface area (Å²) in [6.07, 6.45) is 5.02. The molecule has 0 spiro atoms. The van der Waals surface area contributed by atoms with E-state index < -0.39 is 0 Å². The lowest BCUT2D eigenvalue weighted by atomic mass is 10.1. The Kier molecular flexibility index (Phi) is 7.47. The molecule has 5 nitrogen and oxygen atoms in total. The summed E-state index contributed by atoms with van der Waals surface area (Å²) >= 11 is 0. The summed E-state index contributed by atoms with van der Waals surface area (Å²) in [5.74, 6) is 0.220. The predicted molar refractivity (Wildman–Crippen MR) is 104 cm³/mol. The van der Waals surface area contributed by atoms with E-state index in [1.54, 1.807) is 0 Å². The van der Waals surface area contributed by atoms with Crippen LogP contribution >= 0.6 is 0 Å². The maximum absolute atomic E-state index is 12.8. The summed E-state index contributed by atoms with van der Waals surface area (Å²) in [6.45, 7) is 6.88. The van der Waals surface area contributed by atoms with Gasteiger partial charge in [0.15, 0.2) is 0 Å². The molecule has 2 saturated heterocycles. The van der Waals surface area contributed by atoms with E-state index in [9.17, 15) is 4.79 Å². The molecule has 0 saturated carbocycles. The Morgan fingerprint density at radius 1 is 1.12 bits per heavy atom. The summed E-state index contributed by atoms with van der Waals surface area (Å²) in [5.41, 5.74) is 1.24. The molecule has 0 bridgehead atoms. The molecule has 2 fully saturated rings. The predicted octanol–water partition coefficient (Wildman–Crippen LogP) is 2.22. The molecule has 3 rings (SSSR count). The molecule has 5 heteroatoms. The number of hydrogen-bond acceptors (Lipinski definition) is 4. The number of likely N-dealkylation sites (tertiary alicyclic amines) is 1. The van der Waals surface area contributed by atoms with Crippen LogP contribution in [0.3, 0.4) is 0 Å². The Labute approximate surface area is 157 Å². The summed E-state index contributed by atoms with van der Waals surface area (Å²) in [7, 11) is 2.02. The number of carbonyl (C=O) groups is 1. The topological polar surface area (TPSA) is 36.0 Å². The van der Waals surface area contributed by atoms with Crippen molar-refractivity contribution >= 4 is 5.91 Å². The second kappa shape index (κ2) is 10.0. The molecule has 1 atom stereocenters. The van der Waals surface area contributed by atoms with Crippen molar-refractivity contribution in [1.29, 1.82) is 0 Å². The van der Waals surface area contributed by atoms with Gasteiger partial charge in [-0.25, -0.2) is 0 Å². The first-order valence-electron chi connectivity index (χ1n) is 10.0. The van der Waals surface area contributed by atoms with Gasteiger partial charge in [-0.1, -0.05) is 36.8 Å². The Bertz CT molecular complexity index is 545. The van der Waals surface area contributed by atoms with Gasteiger partial charge in [0.05, 0.1) is 12.6 Å². The highest BCUT2D eigenvalue weighted by molar-refractivity contribution is 5.78. The maximum atomic E-state index is 12.8. The Morgan fingerprint density at radius 3 is 2.65 bits per heavy atom. The molecule has 1 aromatic rings. The average molecular weight is 360 g/mol. The van der Waals surface area contributed by atoms with Crippen LogP contribution < -0.4 is 0 Å². The van der Waals surface area contributed by atoms with Gasteiger partial charge in [-0.15, -0.1) is 0 Å². The van der Waals surface area contributed by atoms with Gasteiger partial charge in [-0.3, -0.25) is 9.69 Å². The van der Waals surface area contributed by atoms with Gasteiger partial charge in [0.2, 0.25) is 5.91 Å². The van der Waals surface area contributed by atoms with Crippen LogP contribution in [0.2, 0.25) is 0 Å². The molecule has 1 amide bonds. The van der Waals surface area contributed by atoms with Crippen LogP contribution in [0.25, 0.3) is 0 Å². The van der Waals surface area contributed by atoms with Gasteiger partial charge in [0.25, 0.3) is 0 Å². The fourth-order valence-electron chi connectivity index (χ4n) is 3.94.